The minimum absolute atomic E-state index is 0.0126. The Bertz CT molecular complexity index is 746. The third-order valence-corrected chi connectivity index (χ3v) is 4.74. The number of carbonyl (C=O) groups excluding carboxylic acids is 1. The predicted octanol–water partition coefficient (Wildman–Crippen LogP) is 3.78. The molecule has 2 heterocycles. The SMILES string of the molecule is CCN(CC)C(=O)N1CCCCC1c1noc(COc2ccc(F)cc2)n1. The molecule has 7 nitrogen and oxygen atoms in total. The van der Waals surface area contributed by atoms with Gasteiger partial charge in [-0.15, -0.1) is 0 Å². The van der Waals surface area contributed by atoms with E-state index < -0.39 is 0 Å². The van der Waals surface area contributed by atoms with E-state index in [2.05, 4.69) is 10.1 Å². The van der Waals surface area contributed by atoms with Gasteiger partial charge in [-0.25, -0.2) is 9.18 Å². The van der Waals surface area contributed by atoms with Crippen molar-refractivity contribution in [2.24, 2.45) is 0 Å². The first-order chi connectivity index (χ1) is 13.1. The van der Waals surface area contributed by atoms with E-state index >= 15 is 0 Å². The number of rotatable bonds is 6. The standard InChI is InChI=1S/C19H25FN4O3/c1-3-23(4-2)19(25)24-12-6-5-7-16(24)18-21-17(27-22-18)13-26-15-10-8-14(20)9-11-15/h8-11,16H,3-7,12-13H2,1-2H3. The van der Waals surface area contributed by atoms with Crippen LogP contribution in [0.2, 0.25) is 0 Å². The fraction of sp³-hybridized carbons (Fsp3) is 0.526. The maximum absolute atomic E-state index is 12.9. The van der Waals surface area contributed by atoms with Gasteiger partial charge >= 0.3 is 6.03 Å². The van der Waals surface area contributed by atoms with Gasteiger partial charge in [0, 0.05) is 19.6 Å². The van der Waals surface area contributed by atoms with E-state index in [0.717, 1.165) is 19.3 Å². The molecule has 0 radical (unpaired) electrons. The molecular weight excluding hydrogens is 351 g/mol. The summed E-state index contributed by atoms with van der Waals surface area (Å²) in [5.74, 6) is 1.04. The van der Waals surface area contributed by atoms with Crippen molar-refractivity contribution >= 4 is 6.03 Å². The Morgan fingerprint density at radius 1 is 1.30 bits per heavy atom. The lowest BCUT2D eigenvalue weighted by Crippen LogP contribution is -2.47. The molecule has 2 amide bonds. The summed E-state index contributed by atoms with van der Waals surface area (Å²) in [6.07, 6.45) is 2.80. The third kappa shape index (κ3) is 4.56. The predicted molar refractivity (Wildman–Crippen MR) is 96.6 cm³/mol. The molecule has 0 N–H and O–H groups in total. The van der Waals surface area contributed by atoms with Crippen LogP contribution < -0.4 is 4.74 Å². The van der Waals surface area contributed by atoms with Crippen molar-refractivity contribution in [1.82, 2.24) is 19.9 Å². The van der Waals surface area contributed by atoms with Gasteiger partial charge in [-0.3, -0.25) is 0 Å². The third-order valence-electron chi connectivity index (χ3n) is 4.74. The second kappa shape index (κ2) is 8.83. The highest BCUT2D eigenvalue weighted by atomic mass is 19.1. The number of likely N-dealkylation sites (tertiary alicyclic amines) is 1. The smallest absolute Gasteiger partial charge is 0.320 e. The maximum Gasteiger partial charge on any atom is 0.320 e. The number of piperidine rings is 1. The first kappa shape index (κ1) is 19.1. The molecule has 1 atom stereocenters. The summed E-state index contributed by atoms with van der Waals surface area (Å²) < 4.78 is 23.8. The van der Waals surface area contributed by atoms with Crippen LogP contribution >= 0.6 is 0 Å². The van der Waals surface area contributed by atoms with Crippen LogP contribution in [0.1, 0.15) is 50.9 Å². The summed E-state index contributed by atoms with van der Waals surface area (Å²) in [5, 5.41) is 4.07. The van der Waals surface area contributed by atoms with E-state index in [0.29, 0.717) is 37.1 Å². The average molecular weight is 376 g/mol. The van der Waals surface area contributed by atoms with E-state index in [4.69, 9.17) is 9.26 Å². The summed E-state index contributed by atoms with van der Waals surface area (Å²) in [6.45, 7) is 6.06. The van der Waals surface area contributed by atoms with Gasteiger partial charge < -0.3 is 19.1 Å². The van der Waals surface area contributed by atoms with Gasteiger partial charge in [-0.2, -0.15) is 4.98 Å². The molecule has 146 valence electrons. The van der Waals surface area contributed by atoms with Crippen LogP contribution in [0, 0.1) is 5.82 Å². The Hall–Kier alpha value is -2.64. The number of carbonyl (C=O) groups is 1. The van der Waals surface area contributed by atoms with Gasteiger partial charge in [-0.1, -0.05) is 5.16 Å². The second-order valence-electron chi connectivity index (χ2n) is 6.45. The van der Waals surface area contributed by atoms with Crippen LogP contribution in [-0.2, 0) is 6.61 Å². The summed E-state index contributed by atoms with van der Waals surface area (Å²) in [7, 11) is 0. The van der Waals surface area contributed by atoms with Crippen molar-refractivity contribution in [1.29, 1.82) is 0 Å². The first-order valence-corrected chi connectivity index (χ1v) is 9.38. The molecule has 8 heteroatoms. The van der Waals surface area contributed by atoms with Crippen molar-refractivity contribution in [2.75, 3.05) is 19.6 Å². The Balaban J connectivity index is 1.67. The molecule has 27 heavy (non-hydrogen) atoms. The van der Waals surface area contributed by atoms with Gasteiger partial charge in [0.1, 0.15) is 11.6 Å². The van der Waals surface area contributed by atoms with E-state index in [1.165, 1.54) is 24.3 Å². The molecule has 1 aromatic carbocycles. The fourth-order valence-corrected chi connectivity index (χ4v) is 3.24. The number of hydrogen-bond donors (Lipinski definition) is 0. The highest BCUT2D eigenvalue weighted by Gasteiger charge is 2.33. The van der Waals surface area contributed by atoms with Crippen molar-refractivity contribution in [3.8, 4) is 5.75 Å². The topological polar surface area (TPSA) is 71.7 Å². The highest BCUT2D eigenvalue weighted by Crippen LogP contribution is 2.30. The molecule has 1 fully saturated rings. The molecule has 0 aliphatic carbocycles. The summed E-state index contributed by atoms with van der Waals surface area (Å²) in [6, 6.07) is 5.56. The Labute approximate surface area is 158 Å². The van der Waals surface area contributed by atoms with Crippen LogP contribution in [0.15, 0.2) is 28.8 Å². The number of nitrogens with zero attached hydrogens (tertiary/aromatic N) is 4. The number of aromatic nitrogens is 2. The molecule has 1 aromatic heterocycles. The molecule has 0 saturated carbocycles. The van der Waals surface area contributed by atoms with Gasteiger partial charge in [0.15, 0.2) is 12.4 Å². The van der Waals surface area contributed by atoms with Crippen molar-refractivity contribution in [3.63, 3.8) is 0 Å². The lowest BCUT2D eigenvalue weighted by atomic mass is 10.0. The number of amides is 2. The number of ether oxygens (including phenoxy) is 1. The minimum atomic E-state index is -0.322. The zero-order valence-electron chi connectivity index (χ0n) is 15.7. The van der Waals surface area contributed by atoms with Crippen LogP contribution in [0.5, 0.6) is 5.75 Å². The van der Waals surface area contributed by atoms with E-state index in [1.807, 2.05) is 18.7 Å². The molecule has 0 spiro atoms. The number of halogens is 1. The molecule has 1 unspecified atom stereocenters. The summed E-state index contributed by atoms with van der Waals surface area (Å²) in [4.78, 5) is 20.9. The Morgan fingerprint density at radius 3 is 2.74 bits per heavy atom. The Kier molecular flexibility index (Phi) is 6.26. The zero-order chi connectivity index (χ0) is 19.2. The first-order valence-electron chi connectivity index (χ1n) is 9.38. The summed E-state index contributed by atoms with van der Waals surface area (Å²) >= 11 is 0. The molecular formula is C19H25FN4O3. The minimum Gasteiger partial charge on any atom is -0.484 e. The molecule has 0 bridgehead atoms. The van der Waals surface area contributed by atoms with E-state index in [9.17, 15) is 9.18 Å². The lowest BCUT2D eigenvalue weighted by Gasteiger charge is -2.37. The van der Waals surface area contributed by atoms with Crippen molar-refractivity contribution in [2.45, 2.75) is 45.8 Å². The molecule has 1 aliphatic heterocycles. The lowest BCUT2D eigenvalue weighted by molar-refractivity contribution is 0.114. The molecule has 1 saturated heterocycles. The van der Waals surface area contributed by atoms with Crippen molar-refractivity contribution < 1.29 is 18.4 Å². The number of urea groups is 1. The largest absolute Gasteiger partial charge is 0.484 e. The molecule has 3 rings (SSSR count). The highest BCUT2D eigenvalue weighted by molar-refractivity contribution is 5.75. The summed E-state index contributed by atoms with van der Waals surface area (Å²) in [5.41, 5.74) is 0. The number of hydrogen-bond acceptors (Lipinski definition) is 5. The molecule has 2 aromatic rings. The fourth-order valence-electron chi connectivity index (χ4n) is 3.24. The van der Waals surface area contributed by atoms with Crippen LogP contribution in [-0.4, -0.2) is 45.6 Å². The maximum atomic E-state index is 12.9. The zero-order valence-corrected chi connectivity index (χ0v) is 15.7. The van der Waals surface area contributed by atoms with Gasteiger partial charge in [0.05, 0.1) is 6.04 Å². The molecule has 1 aliphatic rings. The van der Waals surface area contributed by atoms with Gasteiger partial charge in [0.25, 0.3) is 5.89 Å². The average Bonchev–Trinajstić information content (AvgIpc) is 3.17. The number of benzene rings is 1. The van der Waals surface area contributed by atoms with E-state index in [-0.39, 0.29) is 24.5 Å². The van der Waals surface area contributed by atoms with Gasteiger partial charge in [-0.05, 0) is 57.4 Å². The Morgan fingerprint density at radius 2 is 2.04 bits per heavy atom. The van der Waals surface area contributed by atoms with Crippen LogP contribution in [0.25, 0.3) is 0 Å². The normalized spacial score (nSPS) is 17.0. The van der Waals surface area contributed by atoms with Crippen molar-refractivity contribution in [3.05, 3.63) is 41.8 Å². The van der Waals surface area contributed by atoms with E-state index in [1.54, 1.807) is 4.90 Å². The van der Waals surface area contributed by atoms with Gasteiger partial charge in [0.2, 0.25) is 0 Å². The van der Waals surface area contributed by atoms with Crippen LogP contribution in [0.3, 0.4) is 0 Å². The second-order valence-corrected chi connectivity index (χ2v) is 6.45. The van der Waals surface area contributed by atoms with Crippen LogP contribution in [0.4, 0.5) is 9.18 Å². The monoisotopic (exact) mass is 376 g/mol. The quantitative estimate of drug-likeness (QED) is 0.767.